The first-order valence-corrected chi connectivity index (χ1v) is 9.36. The van der Waals surface area contributed by atoms with Crippen molar-refractivity contribution in [2.24, 2.45) is 4.99 Å². The molecule has 0 spiro atoms. The molecule has 5 nitrogen and oxygen atoms in total. The van der Waals surface area contributed by atoms with Crippen LogP contribution >= 0.6 is 46.6 Å². The molecule has 136 valence electrons. The predicted molar refractivity (Wildman–Crippen MR) is 117 cm³/mol. The number of aliphatic imine (C=N–C) groups is 1. The van der Waals surface area contributed by atoms with Crippen molar-refractivity contribution in [1.82, 2.24) is 10.6 Å². The van der Waals surface area contributed by atoms with Gasteiger partial charge in [0, 0.05) is 16.2 Å². The summed E-state index contributed by atoms with van der Waals surface area (Å²) in [6, 6.07) is 8.28. The molecule has 2 rings (SSSR count). The highest BCUT2D eigenvalue weighted by atomic mass is 127. The van der Waals surface area contributed by atoms with Crippen LogP contribution in [0.4, 0.5) is 0 Å². The van der Waals surface area contributed by atoms with Crippen molar-refractivity contribution in [3.8, 4) is 5.75 Å². The van der Waals surface area contributed by atoms with Crippen LogP contribution in [-0.2, 0) is 0 Å². The van der Waals surface area contributed by atoms with Gasteiger partial charge in [-0.2, -0.15) is 0 Å². The molecule has 1 aromatic carbocycles. The molecule has 24 heavy (non-hydrogen) atoms. The maximum Gasteiger partial charge on any atom is 0.191 e. The summed E-state index contributed by atoms with van der Waals surface area (Å²) in [6.45, 7) is 3.43. The summed E-state index contributed by atoms with van der Waals surface area (Å²) in [5.74, 6) is 1.55. The van der Waals surface area contributed by atoms with Crippen LogP contribution in [0, 0.1) is 3.57 Å². The lowest BCUT2D eigenvalue weighted by molar-refractivity contribution is 0.114. The topological polar surface area (TPSA) is 65.9 Å². The van der Waals surface area contributed by atoms with Crippen LogP contribution in [0.5, 0.6) is 5.75 Å². The van der Waals surface area contributed by atoms with E-state index in [2.05, 4.69) is 38.2 Å². The minimum absolute atomic E-state index is 0. The Bertz CT molecular complexity index is 491. The number of rotatable bonds is 7. The van der Waals surface area contributed by atoms with Crippen molar-refractivity contribution < 1.29 is 9.84 Å². The molecule has 0 saturated heterocycles. The summed E-state index contributed by atoms with van der Waals surface area (Å²) in [4.78, 5) is 4.47. The van der Waals surface area contributed by atoms with Crippen LogP contribution < -0.4 is 15.4 Å². The average Bonchev–Trinajstić information content (AvgIpc) is 3.05. The van der Waals surface area contributed by atoms with Gasteiger partial charge in [-0.15, -0.1) is 24.0 Å². The van der Waals surface area contributed by atoms with Crippen molar-refractivity contribution in [3.63, 3.8) is 0 Å². The van der Waals surface area contributed by atoms with Gasteiger partial charge in [0.1, 0.15) is 18.5 Å². The van der Waals surface area contributed by atoms with Gasteiger partial charge in [0.25, 0.3) is 0 Å². The number of guanidine groups is 1. The van der Waals surface area contributed by atoms with Crippen molar-refractivity contribution in [2.75, 3.05) is 19.7 Å². The maximum atomic E-state index is 10.1. The number of hydrogen-bond acceptors (Lipinski definition) is 3. The molecule has 0 bridgehead atoms. The van der Waals surface area contributed by atoms with E-state index in [-0.39, 0.29) is 30.6 Å². The zero-order chi connectivity index (χ0) is 16.5. The molecule has 0 radical (unpaired) electrons. The predicted octanol–water partition coefficient (Wildman–Crippen LogP) is 3.15. The summed E-state index contributed by atoms with van der Waals surface area (Å²) in [5, 5.41) is 16.7. The first kappa shape index (κ1) is 21.8. The number of aliphatic hydroxyl groups excluding tert-OH is 1. The maximum absolute atomic E-state index is 10.1. The first-order valence-electron chi connectivity index (χ1n) is 8.28. The largest absolute Gasteiger partial charge is 0.491 e. The van der Waals surface area contributed by atoms with E-state index in [4.69, 9.17) is 4.74 Å². The Balaban J connectivity index is 0.00000288. The van der Waals surface area contributed by atoms with E-state index in [0.29, 0.717) is 12.6 Å². The normalized spacial score (nSPS) is 16.4. The number of benzene rings is 1. The number of nitrogens with one attached hydrogen (secondary N) is 2. The molecule has 1 aliphatic rings. The summed E-state index contributed by atoms with van der Waals surface area (Å²) < 4.78 is 6.75. The number of ether oxygens (including phenoxy) is 1. The van der Waals surface area contributed by atoms with Gasteiger partial charge in [-0.1, -0.05) is 12.8 Å². The Morgan fingerprint density at radius 1 is 1.33 bits per heavy atom. The fraction of sp³-hybridized carbons (Fsp3) is 0.588. The second-order valence-electron chi connectivity index (χ2n) is 5.76. The summed E-state index contributed by atoms with van der Waals surface area (Å²) >= 11 is 2.25. The van der Waals surface area contributed by atoms with Gasteiger partial charge in [0.15, 0.2) is 5.96 Å². The lowest BCUT2D eigenvalue weighted by Crippen LogP contribution is -2.43. The van der Waals surface area contributed by atoms with E-state index in [1.165, 1.54) is 25.7 Å². The van der Waals surface area contributed by atoms with Gasteiger partial charge >= 0.3 is 0 Å². The van der Waals surface area contributed by atoms with E-state index in [0.717, 1.165) is 21.8 Å². The molecule has 1 aromatic rings. The zero-order valence-corrected chi connectivity index (χ0v) is 18.5. The molecule has 1 unspecified atom stereocenters. The molecule has 1 fully saturated rings. The first-order chi connectivity index (χ1) is 11.2. The molecule has 1 saturated carbocycles. The lowest BCUT2D eigenvalue weighted by Gasteiger charge is -2.17. The number of nitrogens with zero attached hydrogens (tertiary/aromatic N) is 1. The van der Waals surface area contributed by atoms with Crippen molar-refractivity contribution in [3.05, 3.63) is 27.8 Å². The minimum Gasteiger partial charge on any atom is -0.491 e. The third-order valence-electron chi connectivity index (χ3n) is 3.76. The molecule has 0 amide bonds. The Morgan fingerprint density at radius 3 is 2.62 bits per heavy atom. The Kier molecular flexibility index (Phi) is 11.0. The van der Waals surface area contributed by atoms with Crippen LogP contribution in [-0.4, -0.2) is 42.9 Å². The fourth-order valence-corrected chi connectivity index (χ4v) is 2.92. The highest BCUT2D eigenvalue weighted by molar-refractivity contribution is 14.1. The van der Waals surface area contributed by atoms with Gasteiger partial charge in [0.05, 0.1) is 6.54 Å². The summed E-state index contributed by atoms with van der Waals surface area (Å²) in [5.41, 5.74) is 0. The van der Waals surface area contributed by atoms with E-state index in [1.807, 2.05) is 31.2 Å². The van der Waals surface area contributed by atoms with Gasteiger partial charge in [-0.3, -0.25) is 4.99 Å². The molecule has 0 heterocycles. The fourth-order valence-electron chi connectivity index (χ4n) is 2.56. The van der Waals surface area contributed by atoms with Gasteiger partial charge < -0.3 is 20.5 Å². The second kappa shape index (κ2) is 12.1. The molecular formula is C17H27I2N3O2. The molecule has 1 aliphatic carbocycles. The van der Waals surface area contributed by atoms with E-state index in [1.54, 1.807) is 0 Å². The lowest BCUT2D eigenvalue weighted by atomic mass is 10.2. The molecular weight excluding hydrogens is 532 g/mol. The molecule has 0 aliphatic heterocycles. The van der Waals surface area contributed by atoms with Crippen LogP contribution in [0.15, 0.2) is 29.3 Å². The summed E-state index contributed by atoms with van der Waals surface area (Å²) in [6.07, 6.45) is 4.34. The Morgan fingerprint density at radius 2 is 2.00 bits per heavy atom. The van der Waals surface area contributed by atoms with Gasteiger partial charge in [0.2, 0.25) is 0 Å². The van der Waals surface area contributed by atoms with Crippen LogP contribution in [0.25, 0.3) is 0 Å². The van der Waals surface area contributed by atoms with Gasteiger partial charge in [-0.05, 0) is 66.6 Å². The quantitative estimate of drug-likeness (QED) is 0.273. The number of hydrogen-bond donors (Lipinski definition) is 3. The van der Waals surface area contributed by atoms with Crippen molar-refractivity contribution >= 4 is 52.5 Å². The average molecular weight is 559 g/mol. The van der Waals surface area contributed by atoms with Gasteiger partial charge in [-0.25, -0.2) is 0 Å². The zero-order valence-electron chi connectivity index (χ0n) is 14.0. The van der Waals surface area contributed by atoms with E-state index < -0.39 is 6.10 Å². The van der Waals surface area contributed by atoms with E-state index >= 15 is 0 Å². The van der Waals surface area contributed by atoms with Crippen LogP contribution in [0.1, 0.15) is 32.6 Å². The Hall–Kier alpha value is -0.290. The SMILES string of the molecule is CCNC(=NCC(O)COc1ccc(I)cc1)NC1CCCC1.I. The van der Waals surface area contributed by atoms with Crippen molar-refractivity contribution in [2.45, 2.75) is 44.8 Å². The monoisotopic (exact) mass is 559 g/mol. The molecule has 7 heteroatoms. The smallest absolute Gasteiger partial charge is 0.191 e. The third-order valence-corrected chi connectivity index (χ3v) is 4.48. The number of aliphatic hydroxyl groups is 1. The minimum atomic E-state index is -0.617. The standard InChI is InChI=1S/C17H26IN3O2.HI/c1-2-19-17(21-14-5-3-4-6-14)20-11-15(22)12-23-16-9-7-13(18)8-10-16;/h7-10,14-15,22H,2-6,11-12H2,1H3,(H2,19,20,21);1H. The van der Waals surface area contributed by atoms with Crippen molar-refractivity contribution in [1.29, 1.82) is 0 Å². The van der Waals surface area contributed by atoms with Crippen LogP contribution in [0.3, 0.4) is 0 Å². The summed E-state index contributed by atoms with van der Waals surface area (Å²) in [7, 11) is 0. The van der Waals surface area contributed by atoms with E-state index in [9.17, 15) is 5.11 Å². The number of halogens is 2. The van der Waals surface area contributed by atoms with Crippen LogP contribution in [0.2, 0.25) is 0 Å². The highest BCUT2D eigenvalue weighted by Crippen LogP contribution is 2.17. The molecule has 0 aromatic heterocycles. The Labute approximate surface area is 175 Å². The molecule has 3 N–H and O–H groups in total. The highest BCUT2D eigenvalue weighted by Gasteiger charge is 2.16. The molecule has 1 atom stereocenters. The third kappa shape index (κ3) is 8.19. The second-order valence-corrected chi connectivity index (χ2v) is 7.01.